The van der Waals surface area contributed by atoms with E-state index in [0.29, 0.717) is 6.04 Å². The second-order valence-corrected chi connectivity index (χ2v) is 4.67. The molecule has 1 aromatic rings. The molecule has 0 heterocycles. The fourth-order valence-corrected chi connectivity index (χ4v) is 2.36. The molecule has 0 bridgehead atoms. The highest BCUT2D eigenvalue weighted by atomic mass is 35.5. The fraction of sp³-hybridized carbons (Fsp3) is 0.538. The molecule has 1 aliphatic carbocycles. The van der Waals surface area contributed by atoms with E-state index in [1.54, 1.807) is 7.11 Å². The predicted octanol–water partition coefficient (Wildman–Crippen LogP) is 3.41. The van der Waals surface area contributed by atoms with Gasteiger partial charge in [-0.1, -0.05) is 24.6 Å². The van der Waals surface area contributed by atoms with E-state index < -0.39 is 0 Å². The summed E-state index contributed by atoms with van der Waals surface area (Å²) in [6, 6.07) is 6.35. The highest BCUT2D eigenvalue weighted by Gasteiger charge is 2.32. The molecule has 1 saturated carbocycles. The van der Waals surface area contributed by atoms with Gasteiger partial charge in [-0.25, -0.2) is 0 Å². The molecule has 0 saturated heterocycles. The molecule has 16 heavy (non-hydrogen) atoms. The molecule has 0 aliphatic heterocycles. The van der Waals surface area contributed by atoms with Crippen LogP contribution in [-0.4, -0.2) is 13.7 Å². The molecule has 3 heteroatoms. The van der Waals surface area contributed by atoms with Crippen LogP contribution in [0.15, 0.2) is 18.2 Å². The Kier molecular flexibility index (Phi) is 3.72. The zero-order valence-corrected chi connectivity index (χ0v) is 10.6. The van der Waals surface area contributed by atoms with E-state index in [1.807, 2.05) is 12.1 Å². The summed E-state index contributed by atoms with van der Waals surface area (Å²) in [5.41, 5.74) is 1.20. The van der Waals surface area contributed by atoms with Gasteiger partial charge < -0.3 is 10.1 Å². The van der Waals surface area contributed by atoms with Crippen LogP contribution in [0.1, 0.15) is 31.4 Å². The molecule has 0 amide bonds. The van der Waals surface area contributed by atoms with E-state index in [-0.39, 0.29) is 0 Å². The van der Waals surface area contributed by atoms with Crippen molar-refractivity contribution in [1.82, 2.24) is 5.32 Å². The molecule has 1 fully saturated rings. The minimum Gasteiger partial charge on any atom is -0.497 e. The highest BCUT2D eigenvalue weighted by molar-refractivity contribution is 6.31. The van der Waals surface area contributed by atoms with Crippen LogP contribution in [0, 0.1) is 5.92 Å². The summed E-state index contributed by atoms with van der Waals surface area (Å²) in [6.07, 6.45) is 2.61. The smallest absolute Gasteiger partial charge is 0.120 e. The van der Waals surface area contributed by atoms with E-state index in [4.69, 9.17) is 16.3 Å². The zero-order chi connectivity index (χ0) is 11.5. The van der Waals surface area contributed by atoms with Gasteiger partial charge in [0.05, 0.1) is 7.11 Å². The van der Waals surface area contributed by atoms with Crippen LogP contribution in [0.3, 0.4) is 0 Å². The summed E-state index contributed by atoms with van der Waals surface area (Å²) in [4.78, 5) is 0. The number of hydrogen-bond donors (Lipinski definition) is 1. The molecule has 1 unspecified atom stereocenters. The Morgan fingerprint density at radius 2 is 2.25 bits per heavy atom. The van der Waals surface area contributed by atoms with Crippen molar-refractivity contribution in [3.8, 4) is 5.75 Å². The third-order valence-corrected chi connectivity index (χ3v) is 3.39. The van der Waals surface area contributed by atoms with Gasteiger partial charge in [-0.3, -0.25) is 0 Å². The Morgan fingerprint density at radius 3 is 2.75 bits per heavy atom. The van der Waals surface area contributed by atoms with Crippen LogP contribution in [0.5, 0.6) is 5.75 Å². The first kappa shape index (κ1) is 11.7. The maximum Gasteiger partial charge on any atom is 0.120 e. The van der Waals surface area contributed by atoms with Crippen molar-refractivity contribution in [3.05, 3.63) is 28.8 Å². The van der Waals surface area contributed by atoms with Crippen LogP contribution in [0.4, 0.5) is 0 Å². The number of rotatable bonds is 5. The van der Waals surface area contributed by atoms with Gasteiger partial charge in [0.15, 0.2) is 0 Å². The molecule has 0 spiro atoms. The molecule has 1 aliphatic rings. The molecule has 2 nitrogen and oxygen atoms in total. The van der Waals surface area contributed by atoms with Gasteiger partial charge in [-0.05, 0) is 43.0 Å². The molecular weight excluding hydrogens is 222 g/mol. The quantitative estimate of drug-likeness (QED) is 0.850. The first-order valence-electron chi connectivity index (χ1n) is 5.83. The topological polar surface area (TPSA) is 21.3 Å². The number of methoxy groups -OCH3 is 1. The van der Waals surface area contributed by atoms with Crippen LogP contribution >= 0.6 is 11.6 Å². The number of halogens is 1. The molecule has 1 N–H and O–H groups in total. The normalized spacial score (nSPS) is 17.2. The summed E-state index contributed by atoms with van der Waals surface area (Å²) in [5.74, 6) is 1.57. The average molecular weight is 240 g/mol. The third-order valence-electron chi connectivity index (χ3n) is 3.06. The minimum absolute atomic E-state index is 0.406. The van der Waals surface area contributed by atoms with E-state index in [2.05, 4.69) is 18.3 Å². The molecule has 2 rings (SSSR count). The van der Waals surface area contributed by atoms with Crippen LogP contribution < -0.4 is 10.1 Å². The van der Waals surface area contributed by atoms with Crippen LogP contribution in [-0.2, 0) is 0 Å². The Labute approximate surface area is 102 Å². The van der Waals surface area contributed by atoms with Gasteiger partial charge in [0.25, 0.3) is 0 Å². The van der Waals surface area contributed by atoms with Crippen molar-refractivity contribution >= 4 is 11.6 Å². The first-order chi connectivity index (χ1) is 7.76. The van der Waals surface area contributed by atoms with E-state index in [9.17, 15) is 0 Å². The van der Waals surface area contributed by atoms with Crippen molar-refractivity contribution in [2.24, 2.45) is 5.92 Å². The minimum atomic E-state index is 0.406. The summed E-state index contributed by atoms with van der Waals surface area (Å²) in [6.45, 7) is 3.11. The monoisotopic (exact) mass is 239 g/mol. The van der Waals surface area contributed by atoms with Crippen LogP contribution in [0.2, 0.25) is 5.02 Å². The molecule has 1 aromatic carbocycles. The van der Waals surface area contributed by atoms with Gasteiger partial charge in [0.1, 0.15) is 5.75 Å². The number of ether oxygens (including phenoxy) is 1. The average Bonchev–Trinajstić information content (AvgIpc) is 3.10. The number of benzene rings is 1. The number of hydrogen-bond acceptors (Lipinski definition) is 2. The van der Waals surface area contributed by atoms with Crippen molar-refractivity contribution in [2.75, 3.05) is 13.7 Å². The Balaban J connectivity index is 2.22. The second kappa shape index (κ2) is 5.07. The third kappa shape index (κ3) is 2.50. The molecule has 0 radical (unpaired) electrons. The Morgan fingerprint density at radius 1 is 1.50 bits per heavy atom. The zero-order valence-electron chi connectivity index (χ0n) is 9.79. The largest absolute Gasteiger partial charge is 0.497 e. The Hall–Kier alpha value is -0.730. The molecular formula is C13H18ClNO. The standard InChI is InChI=1S/C13H18ClNO/c1-3-15-13(9-4-5-9)11-7-6-10(16-2)8-12(11)14/h6-9,13,15H,3-5H2,1-2H3. The van der Waals surface area contributed by atoms with E-state index in [1.165, 1.54) is 18.4 Å². The number of nitrogens with one attached hydrogen (secondary N) is 1. The maximum atomic E-state index is 6.29. The van der Waals surface area contributed by atoms with Gasteiger partial charge >= 0.3 is 0 Å². The lowest BCUT2D eigenvalue weighted by molar-refractivity contribution is 0.414. The summed E-state index contributed by atoms with van der Waals surface area (Å²) in [7, 11) is 1.66. The lowest BCUT2D eigenvalue weighted by Crippen LogP contribution is -2.22. The van der Waals surface area contributed by atoms with Gasteiger partial charge in [-0.15, -0.1) is 0 Å². The van der Waals surface area contributed by atoms with Crippen molar-refractivity contribution in [3.63, 3.8) is 0 Å². The second-order valence-electron chi connectivity index (χ2n) is 4.26. The molecule has 88 valence electrons. The lowest BCUT2D eigenvalue weighted by atomic mass is 10.0. The Bertz CT molecular complexity index is 363. The fourth-order valence-electron chi connectivity index (χ4n) is 2.07. The summed E-state index contributed by atoms with van der Waals surface area (Å²) < 4.78 is 5.16. The van der Waals surface area contributed by atoms with Crippen molar-refractivity contribution in [1.29, 1.82) is 0 Å². The summed E-state index contributed by atoms with van der Waals surface area (Å²) in [5, 5.41) is 4.32. The first-order valence-corrected chi connectivity index (χ1v) is 6.21. The van der Waals surface area contributed by atoms with Crippen molar-refractivity contribution < 1.29 is 4.74 Å². The van der Waals surface area contributed by atoms with Crippen molar-refractivity contribution in [2.45, 2.75) is 25.8 Å². The van der Waals surface area contributed by atoms with E-state index >= 15 is 0 Å². The van der Waals surface area contributed by atoms with Crippen LogP contribution in [0.25, 0.3) is 0 Å². The molecule has 1 atom stereocenters. The van der Waals surface area contributed by atoms with E-state index in [0.717, 1.165) is 23.2 Å². The lowest BCUT2D eigenvalue weighted by Gasteiger charge is -2.19. The highest BCUT2D eigenvalue weighted by Crippen LogP contribution is 2.43. The summed E-state index contributed by atoms with van der Waals surface area (Å²) >= 11 is 6.29. The van der Waals surface area contributed by atoms with Gasteiger partial charge in [0.2, 0.25) is 0 Å². The maximum absolute atomic E-state index is 6.29. The SMILES string of the molecule is CCNC(c1ccc(OC)cc1Cl)C1CC1. The predicted molar refractivity (Wildman–Crippen MR) is 67.1 cm³/mol. The van der Waals surface area contributed by atoms with Gasteiger partial charge in [0, 0.05) is 11.1 Å². The van der Waals surface area contributed by atoms with Gasteiger partial charge in [-0.2, -0.15) is 0 Å². The molecule has 0 aromatic heterocycles.